The monoisotopic (exact) mass is 233 g/mol. The standard InChI is InChI=1S/C13H19N3O/c1-10-12-3-2-6-15(12)7-8-16(10)9-13(17)14-11-4-5-11/h2-3,6,10-11H,4-5,7-9H2,1H3,(H,14,17)/t10-/m1/s1. The molecule has 17 heavy (non-hydrogen) atoms. The molecule has 0 spiro atoms. The van der Waals surface area contributed by atoms with Crippen molar-refractivity contribution >= 4 is 5.91 Å². The van der Waals surface area contributed by atoms with Gasteiger partial charge in [0, 0.05) is 37.1 Å². The third-order valence-corrected chi connectivity index (χ3v) is 3.76. The molecule has 1 aromatic rings. The Morgan fingerprint density at radius 2 is 2.29 bits per heavy atom. The smallest absolute Gasteiger partial charge is 0.234 e. The lowest BCUT2D eigenvalue weighted by Crippen LogP contribution is -2.43. The van der Waals surface area contributed by atoms with Crippen LogP contribution in [0.2, 0.25) is 0 Å². The maximum atomic E-state index is 11.8. The predicted octanol–water partition coefficient (Wildman–Crippen LogP) is 1.14. The molecule has 1 aliphatic heterocycles. The molecular formula is C13H19N3O. The van der Waals surface area contributed by atoms with Gasteiger partial charge in [-0.1, -0.05) is 0 Å². The van der Waals surface area contributed by atoms with Gasteiger partial charge in [0.25, 0.3) is 0 Å². The maximum Gasteiger partial charge on any atom is 0.234 e. The number of rotatable bonds is 3. The van der Waals surface area contributed by atoms with Gasteiger partial charge in [0.1, 0.15) is 0 Å². The molecule has 92 valence electrons. The highest BCUT2D eigenvalue weighted by atomic mass is 16.2. The van der Waals surface area contributed by atoms with Crippen molar-refractivity contribution in [1.82, 2.24) is 14.8 Å². The summed E-state index contributed by atoms with van der Waals surface area (Å²) < 4.78 is 2.28. The molecule has 0 radical (unpaired) electrons. The Morgan fingerprint density at radius 3 is 3.06 bits per heavy atom. The number of nitrogens with one attached hydrogen (secondary N) is 1. The van der Waals surface area contributed by atoms with E-state index in [1.165, 1.54) is 5.69 Å². The average Bonchev–Trinajstić information content (AvgIpc) is 2.97. The Bertz CT molecular complexity index is 422. The summed E-state index contributed by atoms with van der Waals surface area (Å²) in [5.41, 5.74) is 1.32. The van der Waals surface area contributed by atoms with Gasteiger partial charge in [-0.25, -0.2) is 0 Å². The van der Waals surface area contributed by atoms with Crippen LogP contribution in [0.4, 0.5) is 0 Å². The number of amides is 1. The van der Waals surface area contributed by atoms with Gasteiger partial charge < -0.3 is 9.88 Å². The number of carbonyl (C=O) groups excluding carboxylic acids is 1. The minimum Gasteiger partial charge on any atom is -0.352 e. The summed E-state index contributed by atoms with van der Waals surface area (Å²) in [6.07, 6.45) is 4.43. The molecule has 1 aromatic heterocycles. The van der Waals surface area contributed by atoms with Crippen LogP contribution in [0.15, 0.2) is 18.3 Å². The molecule has 4 nitrogen and oxygen atoms in total. The van der Waals surface area contributed by atoms with Crippen molar-refractivity contribution < 1.29 is 4.79 Å². The summed E-state index contributed by atoms with van der Waals surface area (Å²) in [5, 5.41) is 3.05. The van der Waals surface area contributed by atoms with Gasteiger partial charge in [0.05, 0.1) is 6.54 Å². The molecule has 2 heterocycles. The number of nitrogens with zero attached hydrogens (tertiary/aromatic N) is 2. The van der Waals surface area contributed by atoms with Gasteiger partial charge in [0.2, 0.25) is 5.91 Å². The highest BCUT2D eigenvalue weighted by Crippen LogP contribution is 2.25. The first-order valence-electron chi connectivity index (χ1n) is 6.42. The number of aromatic nitrogens is 1. The van der Waals surface area contributed by atoms with E-state index in [0.717, 1.165) is 25.9 Å². The largest absolute Gasteiger partial charge is 0.352 e. The zero-order chi connectivity index (χ0) is 11.8. The van der Waals surface area contributed by atoms with Crippen LogP contribution in [0.5, 0.6) is 0 Å². The van der Waals surface area contributed by atoms with Crippen LogP contribution >= 0.6 is 0 Å². The fourth-order valence-corrected chi connectivity index (χ4v) is 2.53. The van der Waals surface area contributed by atoms with E-state index >= 15 is 0 Å². The van der Waals surface area contributed by atoms with Crippen molar-refractivity contribution in [1.29, 1.82) is 0 Å². The third-order valence-electron chi connectivity index (χ3n) is 3.76. The topological polar surface area (TPSA) is 37.3 Å². The molecule has 0 unspecified atom stereocenters. The Morgan fingerprint density at radius 1 is 1.47 bits per heavy atom. The van der Waals surface area contributed by atoms with Gasteiger partial charge in [-0.3, -0.25) is 9.69 Å². The predicted molar refractivity (Wildman–Crippen MR) is 65.6 cm³/mol. The Kier molecular flexibility index (Phi) is 2.67. The Labute approximate surface area is 102 Å². The van der Waals surface area contributed by atoms with Crippen LogP contribution in [-0.2, 0) is 11.3 Å². The maximum absolute atomic E-state index is 11.8. The molecule has 3 rings (SSSR count). The summed E-state index contributed by atoms with van der Waals surface area (Å²) in [5.74, 6) is 0.180. The lowest BCUT2D eigenvalue weighted by Gasteiger charge is -2.34. The van der Waals surface area contributed by atoms with E-state index in [4.69, 9.17) is 0 Å². The molecule has 1 amide bonds. The lowest BCUT2D eigenvalue weighted by molar-refractivity contribution is -0.123. The van der Waals surface area contributed by atoms with E-state index < -0.39 is 0 Å². The first kappa shape index (κ1) is 10.8. The van der Waals surface area contributed by atoms with Crippen molar-refractivity contribution in [3.05, 3.63) is 24.0 Å². The van der Waals surface area contributed by atoms with E-state index in [0.29, 0.717) is 18.6 Å². The zero-order valence-electron chi connectivity index (χ0n) is 10.2. The summed E-state index contributed by atoms with van der Waals surface area (Å²) in [6.45, 7) is 4.66. The number of hydrogen-bond donors (Lipinski definition) is 1. The summed E-state index contributed by atoms with van der Waals surface area (Å²) in [6, 6.07) is 5.03. The molecule has 1 atom stereocenters. The molecule has 2 aliphatic rings. The fraction of sp³-hybridized carbons (Fsp3) is 0.615. The van der Waals surface area contributed by atoms with Gasteiger partial charge >= 0.3 is 0 Å². The van der Waals surface area contributed by atoms with Crippen LogP contribution in [0, 0.1) is 0 Å². The van der Waals surface area contributed by atoms with Crippen LogP contribution in [-0.4, -0.2) is 34.5 Å². The molecule has 1 fully saturated rings. The molecule has 1 N–H and O–H groups in total. The SMILES string of the molecule is C[C@@H]1c2cccn2CCN1CC(=O)NC1CC1. The molecular weight excluding hydrogens is 214 g/mol. The third kappa shape index (κ3) is 2.22. The summed E-state index contributed by atoms with van der Waals surface area (Å²) >= 11 is 0. The molecule has 1 saturated carbocycles. The van der Waals surface area contributed by atoms with Gasteiger partial charge in [-0.15, -0.1) is 0 Å². The van der Waals surface area contributed by atoms with Crippen molar-refractivity contribution in [3.8, 4) is 0 Å². The minimum atomic E-state index is 0.180. The van der Waals surface area contributed by atoms with Gasteiger partial charge in [-0.05, 0) is 31.9 Å². The molecule has 0 aromatic carbocycles. The second kappa shape index (κ2) is 4.18. The Balaban J connectivity index is 1.62. The fourth-order valence-electron chi connectivity index (χ4n) is 2.53. The van der Waals surface area contributed by atoms with Gasteiger partial charge in [0.15, 0.2) is 0 Å². The quantitative estimate of drug-likeness (QED) is 0.850. The van der Waals surface area contributed by atoms with Crippen LogP contribution in [0.1, 0.15) is 31.5 Å². The number of fused-ring (bicyclic) bond motifs is 1. The van der Waals surface area contributed by atoms with E-state index in [-0.39, 0.29) is 5.91 Å². The van der Waals surface area contributed by atoms with Crippen molar-refractivity contribution in [2.75, 3.05) is 13.1 Å². The van der Waals surface area contributed by atoms with Crippen molar-refractivity contribution in [2.45, 2.75) is 38.4 Å². The summed E-state index contributed by atoms with van der Waals surface area (Å²) in [7, 11) is 0. The molecule has 0 bridgehead atoms. The minimum absolute atomic E-state index is 0.180. The highest BCUT2D eigenvalue weighted by molar-refractivity contribution is 5.78. The second-order valence-electron chi connectivity index (χ2n) is 5.11. The molecule has 0 saturated heterocycles. The Hall–Kier alpha value is -1.29. The van der Waals surface area contributed by atoms with E-state index in [9.17, 15) is 4.79 Å². The van der Waals surface area contributed by atoms with Crippen molar-refractivity contribution in [3.63, 3.8) is 0 Å². The first-order valence-corrected chi connectivity index (χ1v) is 6.42. The number of hydrogen-bond acceptors (Lipinski definition) is 2. The van der Waals surface area contributed by atoms with Gasteiger partial charge in [-0.2, -0.15) is 0 Å². The zero-order valence-corrected chi connectivity index (χ0v) is 10.2. The van der Waals surface area contributed by atoms with Crippen LogP contribution < -0.4 is 5.32 Å². The van der Waals surface area contributed by atoms with Crippen molar-refractivity contribution in [2.24, 2.45) is 0 Å². The average molecular weight is 233 g/mol. The molecule has 1 aliphatic carbocycles. The summed E-state index contributed by atoms with van der Waals surface area (Å²) in [4.78, 5) is 14.1. The number of carbonyl (C=O) groups is 1. The first-order chi connectivity index (χ1) is 8.24. The lowest BCUT2D eigenvalue weighted by atomic mass is 10.1. The second-order valence-corrected chi connectivity index (χ2v) is 5.11. The molecule has 4 heteroatoms. The van der Waals surface area contributed by atoms with E-state index in [1.807, 2.05) is 0 Å². The normalized spacial score (nSPS) is 24.4. The highest BCUT2D eigenvalue weighted by Gasteiger charge is 2.27. The van der Waals surface area contributed by atoms with E-state index in [2.05, 4.69) is 40.0 Å². The van der Waals surface area contributed by atoms with E-state index in [1.54, 1.807) is 0 Å². The van der Waals surface area contributed by atoms with Crippen LogP contribution in [0.25, 0.3) is 0 Å². The van der Waals surface area contributed by atoms with Crippen LogP contribution in [0.3, 0.4) is 0 Å².